The molecule has 0 radical (unpaired) electrons. The summed E-state index contributed by atoms with van der Waals surface area (Å²) in [6.07, 6.45) is -2.73. The molecular formula is C7H6F2N4. The maximum atomic E-state index is 12.2. The molecule has 4 N–H and O–H groups in total. The van der Waals surface area contributed by atoms with Gasteiger partial charge >= 0.3 is 0 Å². The molecule has 6 heteroatoms. The number of hydrogen-bond acceptors (Lipinski definition) is 4. The van der Waals surface area contributed by atoms with Crippen molar-refractivity contribution < 1.29 is 8.78 Å². The van der Waals surface area contributed by atoms with Crippen LogP contribution >= 0.6 is 0 Å². The highest BCUT2D eigenvalue weighted by Crippen LogP contribution is 2.26. The van der Waals surface area contributed by atoms with Gasteiger partial charge in [0.2, 0.25) is 0 Å². The lowest BCUT2D eigenvalue weighted by Crippen LogP contribution is -2.03. The Morgan fingerprint density at radius 3 is 2.54 bits per heavy atom. The number of nitrogen functional groups attached to an aromatic ring is 2. The third-order valence-electron chi connectivity index (χ3n) is 1.45. The predicted octanol–water partition coefficient (Wildman–Crippen LogP) is 1.06. The molecule has 1 aromatic rings. The van der Waals surface area contributed by atoms with E-state index in [1.807, 2.05) is 0 Å². The zero-order valence-electron chi connectivity index (χ0n) is 6.46. The molecule has 0 aliphatic rings. The van der Waals surface area contributed by atoms with Gasteiger partial charge in [-0.1, -0.05) is 0 Å². The van der Waals surface area contributed by atoms with Gasteiger partial charge in [-0.25, -0.2) is 13.8 Å². The second-order valence-corrected chi connectivity index (χ2v) is 2.31. The van der Waals surface area contributed by atoms with E-state index in [1.54, 1.807) is 6.07 Å². The molecule has 0 aromatic carbocycles. The van der Waals surface area contributed by atoms with Gasteiger partial charge in [0.05, 0.1) is 11.3 Å². The molecule has 0 spiro atoms. The van der Waals surface area contributed by atoms with Crippen LogP contribution in [0.4, 0.5) is 20.3 Å². The first-order chi connectivity index (χ1) is 6.06. The fraction of sp³-hybridized carbons (Fsp3) is 0.143. The summed E-state index contributed by atoms with van der Waals surface area (Å²) in [5, 5.41) is 8.44. The van der Waals surface area contributed by atoms with E-state index < -0.39 is 12.0 Å². The number of alkyl halides is 2. The quantitative estimate of drug-likeness (QED) is 0.682. The summed E-state index contributed by atoms with van der Waals surface area (Å²) in [7, 11) is 0. The van der Waals surface area contributed by atoms with E-state index in [9.17, 15) is 8.78 Å². The molecular weight excluding hydrogens is 178 g/mol. The van der Waals surface area contributed by atoms with Crippen LogP contribution in [0, 0.1) is 11.3 Å². The molecule has 13 heavy (non-hydrogen) atoms. The van der Waals surface area contributed by atoms with Gasteiger partial charge < -0.3 is 11.5 Å². The van der Waals surface area contributed by atoms with Gasteiger partial charge in [-0.15, -0.1) is 0 Å². The fourth-order valence-electron chi connectivity index (χ4n) is 0.824. The summed E-state index contributed by atoms with van der Waals surface area (Å²) in [6, 6.07) is 2.61. The molecule has 0 saturated carbocycles. The van der Waals surface area contributed by atoms with Crippen LogP contribution in [0.25, 0.3) is 0 Å². The molecule has 68 valence electrons. The number of rotatable bonds is 1. The first-order valence-corrected chi connectivity index (χ1v) is 3.30. The van der Waals surface area contributed by atoms with Crippen LogP contribution in [0.3, 0.4) is 0 Å². The third-order valence-corrected chi connectivity index (χ3v) is 1.45. The van der Waals surface area contributed by atoms with E-state index in [0.29, 0.717) is 0 Å². The molecule has 0 fully saturated rings. The maximum Gasteiger partial charge on any atom is 0.267 e. The minimum atomic E-state index is -2.73. The minimum Gasteiger partial charge on any atom is -0.396 e. The average molecular weight is 184 g/mol. The Balaban J connectivity index is 3.31. The molecule has 0 unspecified atom stereocenters. The second kappa shape index (κ2) is 3.23. The third kappa shape index (κ3) is 1.64. The van der Waals surface area contributed by atoms with E-state index >= 15 is 0 Å². The number of halogens is 2. The molecule has 0 aliphatic heterocycles. The Hall–Kier alpha value is -1.90. The molecule has 1 rings (SSSR count). The SMILES string of the molecule is N#Cc1nc(N)c(C(F)F)cc1N. The number of aromatic nitrogens is 1. The first kappa shape index (κ1) is 9.19. The number of nitrogens with two attached hydrogens (primary N) is 2. The van der Waals surface area contributed by atoms with Gasteiger partial charge in [0.25, 0.3) is 6.43 Å². The Bertz CT molecular complexity index is 369. The van der Waals surface area contributed by atoms with Crippen molar-refractivity contribution in [2.45, 2.75) is 6.43 Å². The molecule has 1 aromatic heterocycles. The van der Waals surface area contributed by atoms with Crippen LogP contribution in [0.5, 0.6) is 0 Å². The Morgan fingerprint density at radius 1 is 1.46 bits per heavy atom. The highest BCUT2D eigenvalue weighted by Gasteiger charge is 2.15. The standard InChI is InChI=1S/C7H6F2N4/c8-6(9)3-1-4(11)5(2-10)13-7(3)12/h1,6H,11H2,(H2,12,13). The summed E-state index contributed by atoms with van der Waals surface area (Å²) < 4.78 is 24.4. The van der Waals surface area contributed by atoms with Crippen molar-refractivity contribution >= 4 is 11.5 Å². The van der Waals surface area contributed by atoms with Crippen molar-refractivity contribution in [3.63, 3.8) is 0 Å². The number of anilines is 2. The predicted molar refractivity (Wildman–Crippen MR) is 42.7 cm³/mol. The summed E-state index contributed by atoms with van der Waals surface area (Å²) in [6.45, 7) is 0. The van der Waals surface area contributed by atoms with Crippen molar-refractivity contribution in [1.82, 2.24) is 4.98 Å². The van der Waals surface area contributed by atoms with Crippen molar-refractivity contribution in [2.75, 3.05) is 11.5 Å². The Morgan fingerprint density at radius 2 is 2.08 bits per heavy atom. The van der Waals surface area contributed by atoms with Crippen molar-refractivity contribution in [2.24, 2.45) is 0 Å². The van der Waals surface area contributed by atoms with Crippen molar-refractivity contribution in [3.05, 3.63) is 17.3 Å². The van der Waals surface area contributed by atoms with Gasteiger partial charge in [-0.3, -0.25) is 0 Å². The van der Waals surface area contributed by atoms with E-state index in [0.717, 1.165) is 6.07 Å². The van der Waals surface area contributed by atoms with Crippen LogP contribution in [0.15, 0.2) is 6.07 Å². The normalized spacial score (nSPS) is 10.0. The van der Waals surface area contributed by atoms with Crippen LogP contribution in [0.1, 0.15) is 17.7 Å². The average Bonchev–Trinajstić information content (AvgIpc) is 2.07. The largest absolute Gasteiger partial charge is 0.396 e. The molecule has 4 nitrogen and oxygen atoms in total. The maximum absolute atomic E-state index is 12.2. The molecule has 0 saturated heterocycles. The van der Waals surface area contributed by atoms with Gasteiger partial charge in [-0.05, 0) is 6.07 Å². The van der Waals surface area contributed by atoms with Crippen LogP contribution in [-0.4, -0.2) is 4.98 Å². The molecule has 0 atom stereocenters. The van der Waals surface area contributed by atoms with Crippen LogP contribution < -0.4 is 11.5 Å². The van der Waals surface area contributed by atoms with Crippen molar-refractivity contribution in [3.8, 4) is 6.07 Å². The Labute approximate surface area is 72.8 Å². The zero-order chi connectivity index (χ0) is 10.0. The molecule has 0 amide bonds. The van der Waals surface area contributed by atoms with E-state index in [2.05, 4.69) is 4.98 Å². The van der Waals surface area contributed by atoms with E-state index in [1.165, 1.54) is 0 Å². The summed E-state index contributed by atoms with van der Waals surface area (Å²) in [5.41, 5.74) is 9.76. The van der Waals surface area contributed by atoms with Gasteiger partial charge in [-0.2, -0.15) is 5.26 Å². The van der Waals surface area contributed by atoms with Crippen molar-refractivity contribution in [1.29, 1.82) is 5.26 Å². The second-order valence-electron chi connectivity index (χ2n) is 2.31. The highest BCUT2D eigenvalue weighted by atomic mass is 19.3. The Kier molecular flexibility index (Phi) is 2.28. The number of hydrogen-bond donors (Lipinski definition) is 2. The monoisotopic (exact) mass is 184 g/mol. The summed E-state index contributed by atoms with van der Waals surface area (Å²) >= 11 is 0. The van der Waals surface area contributed by atoms with Gasteiger partial charge in [0, 0.05) is 0 Å². The molecule has 0 aliphatic carbocycles. The topological polar surface area (TPSA) is 88.7 Å². The molecule has 0 bridgehead atoms. The summed E-state index contributed by atoms with van der Waals surface area (Å²) in [5.74, 6) is -0.360. The number of nitrogens with zero attached hydrogens (tertiary/aromatic N) is 2. The number of pyridine rings is 1. The fourth-order valence-corrected chi connectivity index (χ4v) is 0.824. The first-order valence-electron chi connectivity index (χ1n) is 3.30. The lowest BCUT2D eigenvalue weighted by atomic mass is 10.2. The lowest BCUT2D eigenvalue weighted by molar-refractivity contribution is 0.152. The summed E-state index contributed by atoms with van der Waals surface area (Å²) in [4.78, 5) is 3.42. The van der Waals surface area contributed by atoms with E-state index in [4.69, 9.17) is 16.7 Å². The van der Waals surface area contributed by atoms with Crippen LogP contribution in [0.2, 0.25) is 0 Å². The smallest absolute Gasteiger partial charge is 0.267 e. The highest BCUT2D eigenvalue weighted by molar-refractivity contribution is 5.57. The lowest BCUT2D eigenvalue weighted by Gasteiger charge is -2.05. The minimum absolute atomic E-state index is 0.0907. The number of nitriles is 1. The molecule has 1 heterocycles. The van der Waals surface area contributed by atoms with E-state index in [-0.39, 0.29) is 17.2 Å². The van der Waals surface area contributed by atoms with Gasteiger partial charge in [0.1, 0.15) is 11.9 Å². The van der Waals surface area contributed by atoms with Gasteiger partial charge in [0.15, 0.2) is 5.69 Å². The van der Waals surface area contributed by atoms with Crippen LogP contribution in [-0.2, 0) is 0 Å². The zero-order valence-corrected chi connectivity index (χ0v) is 6.46.